The molecule has 4 aromatic rings. The van der Waals surface area contributed by atoms with Crippen LogP contribution in [-0.4, -0.2) is 57.3 Å². The summed E-state index contributed by atoms with van der Waals surface area (Å²) in [6, 6.07) is 13.0. The lowest BCUT2D eigenvalue weighted by Gasteiger charge is -2.33. The summed E-state index contributed by atoms with van der Waals surface area (Å²) in [5.41, 5.74) is 3.50. The Morgan fingerprint density at radius 1 is 1.10 bits per heavy atom. The van der Waals surface area contributed by atoms with Gasteiger partial charge in [-0.2, -0.15) is 0 Å². The summed E-state index contributed by atoms with van der Waals surface area (Å²) in [4.78, 5) is 28.6. The number of fused-ring (bicyclic) bond motifs is 1. The minimum Gasteiger partial charge on any atom is -0.478 e. The highest BCUT2D eigenvalue weighted by Gasteiger charge is 2.39. The van der Waals surface area contributed by atoms with Gasteiger partial charge in [0.1, 0.15) is 22.2 Å². The molecule has 0 bridgehead atoms. The number of nitrogens with one attached hydrogen (secondary N) is 2. The maximum atomic E-state index is 11.8. The fraction of sp³-hybridized carbons (Fsp3) is 0.310. The number of thiazole rings is 1. The molecule has 0 amide bonds. The van der Waals surface area contributed by atoms with E-state index in [1.807, 2.05) is 37.4 Å². The summed E-state index contributed by atoms with van der Waals surface area (Å²) >= 11 is 1.41. The minimum atomic E-state index is -1.26. The standard InChI is InChI=1S/C29H30N6O3S/c1-18-13-23(33-26(14-18)34-25-16-21(6-8-31-25)35-11-9-30-10-12-35)24-17-32-28(39-24)29(38)7-2-3-19-15-20(27(36)37)4-5-22(19)29/h4-6,8,13-17,30,38H,2-3,7,9-12H2,1H3,(H,36,37)(H,31,33,34)/t29-/m1/s1. The molecular formula is C29H30N6O3S. The number of hydrogen-bond donors (Lipinski definition) is 4. The monoisotopic (exact) mass is 542 g/mol. The summed E-state index contributed by atoms with van der Waals surface area (Å²) in [6.45, 7) is 5.88. The van der Waals surface area contributed by atoms with Crippen LogP contribution in [0.4, 0.5) is 17.3 Å². The molecule has 6 rings (SSSR count). The van der Waals surface area contributed by atoms with Gasteiger partial charge in [-0.1, -0.05) is 6.07 Å². The van der Waals surface area contributed by atoms with Crippen molar-refractivity contribution in [2.24, 2.45) is 0 Å². The third kappa shape index (κ3) is 5.10. The fourth-order valence-electron chi connectivity index (χ4n) is 5.41. The highest BCUT2D eigenvalue weighted by molar-refractivity contribution is 7.15. The van der Waals surface area contributed by atoms with Crippen LogP contribution < -0.4 is 15.5 Å². The molecular weight excluding hydrogens is 512 g/mol. The Labute approximate surface area is 230 Å². The summed E-state index contributed by atoms with van der Waals surface area (Å²) in [6.07, 6.45) is 5.58. The van der Waals surface area contributed by atoms with Crippen molar-refractivity contribution >= 4 is 34.6 Å². The molecule has 1 aliphatic carbocycles. The quantitative estimate of drug-likeness (QED) is 0.282. The molecule has 0 unspecified atom stereocenters. The number of carbonyl (C=O) groups is 1. The maximum Gasteiger partial charge on any atom is 0.335 e. The fourth-order valence-corrected chi connectivity index (χ4v) is 6.42. The van der Waals surface area contributed by atoms with Gasteiger partial charge in [-0.3, -0.25) is 0 Å². The van der Waals surface area contributed by atoms with Crippen LogP contribution in [0.2, 0.25) is 0 Å². The Bertz CT molecular complexity index is 1530. The number of rotatable bonds is 6. The number of anilines is 3. The van der Waals surface area contributed by atoms with Crippen LogP contribution in [0, 0.1) is 6.92 Å². The van der Waals surface area contributed by atoms with Crippen LogP contribution in [0.3, 0.4) is 0 Å². The van der Waals surface area contributed by atoms with Crippen LogP contribution in [0.15, 0.2) is 54.9 Å². The van der Waals surface area contributed by atoms with Gasteiger partial charge >= 0.3 is 5.97 Å². The SMILES string of the molecule is Cc1cc(Nc2cc(N3CCNCC3)ccn2)nc(-c2cnc([C@@]3(O)CCCc4cc(C(=O)O)ccc43)s2)c1. The second-order valence-corrected chi connectivity index (χ2v) is 11.1. The number of hydrogen-bond acceptors (Lipinski definition) is 9. The van der Waals surface area contributed by atoms with Crippen LogP contribution in [0.5, 0.6) is 0 Å². The number of piperazine rings is 1. The Hall–Kier alpha value is -3.86. The normalized spacial score (nSPS) is 19.0. The van der Waals surface area contributed by atoms with E-state index in [1.54, 1.807) is 24.4 Å². The molecule has 9 nitrogen and oxygen atoms in total. The van der Waals surface area contributed by atoms with Crippen molar-refractivity contribution in [3.8, 4) is 10.6 Å². The van der Waals surface area contributed by atoms with Gasteiger partial charge in [0, 0.05) is 50.3 Å². The molecule has 3 aromatic heterocycles. The Morgan fingerprint density at radius 2 is 1.95 bits per heavy atom. The number of nitrogens with zero attached hydrogens (tertiary/aromatic N) is 4. The molecule has 10 heteroatoms. The predicted molar refractivity (Wildman–Crippen MR) is 152 cm³/mol. The highest BCUT2D eigenvalue weighted by Crippen LogP contribution is 2.43. The Kier molecular flexibility index (Phi) is 6.76. The lowest BCUT2D eigenvalue weighted by Crippen LogP contribution is -2.43. The molecule has 1 saturated heterocycles. The zero-order valence-electron chi connectivity index (χ0n) is 21.6. The second-order valence-electron chi connectivity index (χ2n) is 10.1. The molecule has 200 valence electrons. The van der Waals surface area contributed by atoms with Gasteiger partial charge in [-0.15, -0.1) is 11.3 Å². The lowest BCUT2D eigenvalue weighted by molar-refractivity contribution is 0.0607. The summed E-state index contributed by atoms with van der Waals surface area (Å²) in [5.74, 6) is 0.450. The number of pyridine rings is 2. The van der Waals surface area contributed by atoms with Gasteiger partial charge in [0.05, 0.1) is 16.1 Å². The minimum absolute atomic E-state index is 0.231. The Balaban J connectivity index is 1.27. The first-order chi connectivity index (χ1) is 18.9. The van der Waals surface area contributed by atoms with E-state index in [4.69, 9.17) is 4.98 Å². The van der Waals surface area contributed by atoms with Crippen LogP contribution >= 0.6 is 11.3 Å². The first-order valence-electron chi connectivity index (χ1n) is 13.1. The van der Waals surface area contributed by atoms with Gasteiger partial charge in [-0.25, -0.2) is 19.7 Å². The van der Waals surface area contributed by atoms with E-state index in [9.17, 15) is 15.0 Å². The second kappa shape index (κ2) is 10.4. The zero-order chi connectivity index (χ0) is 27.0. The molecule has 39 heavy (non-hydrogen) atoms. The van der Waals surface area contributed by atoms with E-state index in [0.717, 1.165) is 77.8 Å². The van der Waals surface area contributed by atoms with Gasteiger partial charge in [0.15, 0.2) is 0 Å². The van der Waals surface area contributed by atoms with Gasteiger partial charge in [0.25, 0.3) is 0 Å². The molecule has 4 N–H and O–H groups in total. The lowest BCUT2D eigenvalue weighted by atomic mass is 9.79. The van der Waals surface area contributed by atoms with Crippen molar-refractivity contribution in [3.05, 3.63) is 82.1 Å². The van der Waals surface area contributed by atoms with Crippen molar-refractivity contribution in [1.82, 2.24) is 20.3 Å². The average molecular weight is 543 g/mol. The van der Waals surface area contributed by atoms with Crippen molar-refractivity contribution < 1.29 is 15.0 Å². The third-order valence-corrected chi connectivity index (χ3v) is 8.52. The van der Waals surface area contributed by atoms with E-state index in [0.29, 0.717) is 17.2 Å². The molecule has 2 aliphatic rings. The van der Waals surface area contributed by atoms with E-state index in [2.05, 4.69) is 25.5 Å². The van der Waals surface area contributed by atoms with Crippen molar-refractivity contribution in [1.29, 1.82) is 0 Å². The van der Waals surface area contributed by atoms with Gasteiger partial charge < -0.3 is 25.7 Å². The molecule has 1 aromatic carbocycles. The number of aryl methyl sites for hydroxylation is 2. The smallest absolute Gasteiger partial charge is 0.335 e. The largest absolute Gasteiger partial charge is 0.478 e. The number of carboxylic acid groups (broad SMARTS) is 1. The summed E-state index contributed by atoms with van der Waals surface area (Å²) < 4.78 is 0. The first kappa shape index (κ1) is 25.4. The summed E-state index contributed by atoms with van der Waals surface area (Å²) in [7, 11) is 0. The molecule has 0 radical (unpaired) electrons. The number of aromatic carboxylic acids is 1. The summed E-state index contributed by atoms with van der Waals surface area (Å²) in [5, 5.41) is 28.5. The van der Waals surface area contributed by atoms with Gasteiger partial charge in [0.2, 0.25) is 0 Å². The molecule has 1 aliphatic heterocycles. The van der Waals surface area contributed by atoms with Crippen molar-refractivity contribution in [2.75, 3.05) is 36.4 Å². The predicted octanol–water partition coefficient (Wildman–Crippen LogP) is 4.33. The van der Waals surface area contributed by atoms with E-state index in [1.165, 1.54) is 11.3 Å². The first-order valence-corrected chi connectivity index (χ1v) is 13.9. The molecule has 4 heterocycles. The zero-order valence-corrected chi connectivity index (χ0v) is 22.5. The highest BCUT2D eigenvalue weighted by atomic mass is 32.1. The molecule has 0 spiro atoms. The number of aliphatic hydroxyl groups is 1. The molecule has 1 fully saturated rings. The molecule has 0 saturated carbocycles. The average Bonchev–Trinajstić information content (AvgIpc) is 3.45. The third-order valence-electron chi connectivity index (χ3n) is 7.35. The van der Waals surface area contributed by atoms with Crippen LogP contribution in [0.25, 0.3) is 10.6 Å². The topological polar surface area (TPSA) is 124 Å². The molecule has 1 atom stereocenters. The van der Waals surface area contributed by atoms with Crippen molar-refractivity contribution in [3.63, 3.8) is 0 Å². The van der Waals surface area contributed by atoms with E-state index < -0.39 is 11.6 Å². The van der Waals surface area contributed by atoms with Gasteiger partial charge in [-0.05, 0) is 73.2 Å². The van der Waals surface area contributed by atoms with E-state index >= 15 is 0 Å². The number of aromatic nitrogens is 3. The Morgan fingerprint density at radius 3 is 2.77 bits per heavy atom. The number of benzene rings is 1. The van der Waals surface area contributed by atoms with Crippen LogP contribution in [0.1, 0.15) is 44.9 Å². The maximum absolute atomic E-state index is 11.8. The van der Waals surface area contributed by atoms with Crippen LogP contribution in [-0.2, 0) is 12.0 Å². The van der Waals surface area contributed by atoms with Crippen molar-refractivity contribution in [2.45, 2.75) is 31.8 Å². The van der Waals surface area contributed by atoms with E-state index in [-0.39, 0.29) is 5.56 Å². The number of carboxylic acids is 1.